The SMILES string of the molecule is CCC[C@H](NS(=O)(=O)CC)C(=O)N1C(=O)C=C(OC)[C@@H]1CCC. The zero-order valence-electron chi connectivity index (χ0n) is 14.2. The normalized spacial score (nSPS) is 19.7. The Labute approximate surface area is 138 Å². The second-order valence-electron chi connectivity index (χ2n) is 5.46. The van der Waals surface area contributed by atoms with E-state index in [1.165, 1.54) is 20.1 Å². The third kappa shape index (κ3) is 4.78. The van der Waals surface area contributed by atoms with Crippen LogP contribution in [0, 0.1) is 0 Å². The monoisotopic (exact) mass is 346 g/mol. The van der Waals surface area contributed by atoms with Crippen molar-refractivity contribution >= 4 is 21.8 Å². The van der Waals surface area contributed by atoms with Crippen LogP contribution in [0.5, 0.6) is 0 Å². The van der Waals surface area contributed by atoms with E-state index in [9.17, 15) is 18.0 Å². The van der Waals surface area contributed by atoms with Crippen LogP contribution < -0.4 is 4.72 Å². The number of carbonyl (C=O) groups excluding carboxylic acids is 2. The molecule has 0 fully saturated rings. The first-order valence-corrected chi connectivity index (χ1v) is 9.59. The molecule has 8 heteroatoms. The largest absolute Gasteiger partial charge is 0.499 e. The van der Waals surface area contributed by atoms with Gasteiger partial charge in [-0.3, -0.25) is 14.5 Å². The van der Waals surface area contributed by atoms with Crippen molar-refractivity contribution in [1.82, 2.24) is 9.62 Å². The second-order valence-corrected chi connectivity index (χ2v) is 7.51. The summed E-state index contributed by atoms with van der Waals surface area (Å²) in [5.41, 5.74) is 0. The number of carbonyl (C=O) groups is 2. The van der Waals surface area contributed by atoms with E-state index >= 15 is 0 Å². The molecule has 1 aliphatic rings. The molecule has 132 valence electrons. The highest BCUT2D eigenvalue weighted by molar-refractivity contribution is 7.89. The van der Waals surface area contributed by atoms with Gasteiger partial charge in [0.15, 0.2) is 0 Å². The van der Waals surface area contributed by atoms with Gasteiger partial charge in [0.25, 0.3) is 5.91 Å². The summed E-state index contributed by atoms with van der Waals surface area (Å²) in [6.07, 6.45) is 3.60. The lowest BCUT2D eigenvalue weighted by atomic mass is 10.1. The Morgan fingerprint density at radius 2 is 2.00 bits per heavy atom. The Kier molecular flexibility index (Phi) is 7.21. The van der Waals surface area contributed by atoms with Gasteiger partial charge in [0, 0.05) is 6.08 Å². The van der Waals surface area contributed by atoms with E-state index in [1.807, 2.05) is 13.8 Å². The molecule has 0 saturated carbocycles. The molecule has 0 aromatic carbocycles. The fourth-order valence-electron chi connectivity index (χ4n) is 2.56. The van der Waals surface area contributed by atoms with Gasteiger partial charge in [-0.25, -0.2) is 13.1 Å². The third-order valence-electron chi connectivity index (χ3n) is 3.76. The third-order valence-corrected chi connectivity index (χ3v) is 5.16. The zero-order valence-corrected chi connectivity index (χ0v) is 15.0. The first kappa shape index (κ1) is 19.6. The van der Waals surface area contributed by atoms with Crippen LogP contribution >= 0.6 is 0 Å². The molecule has 1 heterocycles. The van der Waals surface area contributed by atoms with Gasteiger partial charge in [0.2, 0.25) is 15.9 Å². The van der Waals surface area contributed by atoms with Crippen molar-refractivity contribution in [3.8, 4) is 0 Å². The van der Waals surface area contributed by atoms with E-state index in [1.54, 1.807) is 0 Å². The molecular formula is C15H26N2O5S. The number of nitrogens with zero attached hydrogens (tertiary/aromatic N) is 1. The molecule has 2 atom stereocenters. The van der Waals surface area contributed by atoms with Gasteiger partial charge in [0.1, 0.15) is 11.8 Å². The van der Waals surface area contributed by atoms with Crippen LogP contribution in [0.15, 0.2) is 11.8 Å². The van der Waals surface area contributed by atoms with E-state index in [-0.39, 0.29) is 5.75 Å². The number of rotatable bonds is 9. The molecule has 0 aliphatic carbocycles. The highest BCUT2D eigenvalue weighted by Gasteiger charge is 2.40. The van der Waals surface area contributed by atoms with Gasteiger partial charge in [-0.05, 0) is 19.8 Å². The molecule has 0 saturated heterocycles. The van der Waals surface area contributed by atoms with Crippen molar-refractivity contribution in [2.45, 2.75) is 58.5 Å². The lowest BCUT2D eigenvalue weighted by Gasteiger charge is -2.28. The van der Waals surface area contributed by atoms with Crippen molar-refractivity contribution in [2.75, 3.05) is 12.9 Å². The maximum Gasteiger partial charge on any atom is 0.257 e. The Hall–Kier alpha value is -1.41. The van der Waals surface area contributed by atoms with Crippen LogP contribution in [-0.4, -0.2) is 50.1 Å². The molecule has 7 nitrogen and oxygen atoms in total. The van der Waals surface area contributed by atoms with Crippen LogP contribution in [0.3, 0.4) is 0 Å². The molecule has 23 heavy (non-hydrogen) atoms. The minimum Gasteiger partial charge on any atom is -0.499 e. The van der Waals surface area contributed by atoms with E-state index < -0.39 is 33.9 Å². The summed E-state index contributed by atoms with van der Waals surface area (Å²) >= 11 is 0. The number of sulfonamides is 1. The van der Waals surface area contributed by atoms with E-state index in [0.29, 0.717) is 25.0 Å². The Balaban J connectivity index is 3.04. The van der Waals surface area contributed by atoms with Gasteiger partial charge >= 0.3 is 0 Å². The summed E-state index contributed by atoms with van der Waals surface area (Å²) < 4.78 is 31.2. The van der Waals surface area contributed by atoms with Gasteiger partial charge < -0.3 is 4.74 Å². The first-order chi connectivity index (χ1) is 10.8. The summed E-state index contributed by atoms with van der Waals surface area (Å²) in [5, 5.41) is 0. The number of ether oxygens (including phenoxy) is 1. The quantitative estimate of drug-likeness (QED) is 0.676. The van der Waals surface area contributed by atoms with E-state index in [4.69, 9.17) is 4.74 Å². The fourth-order valence-corrected chi connectivity index (χ4v) is 3.38. The molecule has 0 radical (unpaired) electrons. The molecule has 0 aromatic heterocycles. The van der Waals surface area contributed by atoms with Crippen molar-refractivity contribution in [3.05, 3.63) is 11.8 Å². The summed E-state index contributed by atoms with van der Waals surface area (Å²) in [6, 6.07) is -1.40. The highest BCUT2D eigenvalue weighted by Crippen LogP contribution is 2.25. The average molecular weight is 346 g/mol. The summed E-state index contributed by atoms with van der Waals surface area (Å²) in [4.78, 5) is 26.1. The van der Waals surface area contributed by atoms with Crippen molar-refractivity contribution < 1.29 is 22.7 Å². The maximum absolute atomic E-state index is 12.8. The topological polar surface area (TPSA) is 92.8 Å². The standard InChI is InChI=1S/C15H26N2O5S/c1-5-8-11(16-23(20,21)7-3)15(19)17-12(9-6-2)13(22-4)10-14(17)18/h10-12,16H,5-9H2,1-4H3/t11-,12-/m0/s1. The van der Waals surface area contributed by atoms with Crippen molar-refractivity contribution in [1.29, 1.82) is 0 Å². The van der Waals surface area contributed by atoms with Crippen LogP contribution in [0.2, 0.25) is 0 Å². The van der Waals surface area contributed by atoms with Crippen LogP contribution in [0.4, 0.5) is 0 Å². The lowest BCUT2D eigenvalue weighted by molar-refractivity contribution is -0.144. The summed E-state index contributed by atoms with van der Waals surface area (Å²) in [7, 11) is -2.08. The molecule has 1 rings (SSSR count). The van der Waals surface area contributed by atoms with Crippen molar-refractivity contribution in [2.24, 2.45) is 0 Å². The summed E-state index contributed by atoms with van der Waals surface area (Å²) in [6.45, 7) is 5.30. The van der Waals surface area contributed by atoms with Crippen LogP contribution in [0.25, 0.3) is 0 Å². The fraction of sp³-hybridized carbons (Fsp3) is 0.733. The Morgan fingerprint density at radius 1 is 1.35 bits per heavy atom. The zero-order chi connectivity index (χ0) is 17.6. The number of amides is 2. The predicted molar refractivity (Wildman–Crippen MR) is 86.9 cm³/mol. The second kappa shape index (κ2) is 8.44. The van der Waals surface area contributed by atoms with Gasteiger partial charge in [0.05, 0.1) is 18.9 Å². The number of hydrogen-bond acceptors (Lipinski definition) is 5. The summed E-state index contributed by atoms with van der Waals surface area (Å²) in [5.74, 6) is -0.648. The van der Waals surface area contributed by atoms with Crippen molar-refractivity contribution in [3.63, 3.8) is 0 Å². The van der Waals surface area contributed by atoms with Gasteiger partial charge in [-0.1, -0.05) is 26.7 Å². The van der Waals surface area contributed by atoms with E-state index in [2.05, 4.69) is 4.72 Å². The first-order valence-electron chi connectivity index (χ1n) is 7.93. The minimum absolute atomic E-state index is 0.117. The maximum atomic E-state index is 12.8. The average Bonchev–Trinajstić information content (AvgIpc) is 2.82. The molecule has 0 unspecified atom stereocenters. The van der Waals surface area contributed by atoms with Crippen LogP contribution in [0.1, 0.15) is 46.5 Å². The molecule has 1 aliphatic heterocycles. The molecule has 2 amide bonds. The predicted octanol–water partition coefficient (Wildman–Crippen LogP) is 1.16. The lowest BCUT2D eigenvalue weighted by Crippen LogP contribution is -2.52. The van der Waals surface area contributed by atoms with Gasteiger partial charge in [-0.15, -0.1) is 0 Å². The number of imide groups is 1. The molecule has 1 N–H and O–H groups in total. The number of hydrogen-bond donors (Lipinski definition) is 1. The number of nitrogens with one attached hydrogen (secondary N) is 1. The van der Waals surface area contributed by atoms with Crippen LogP contribution in [-0.2, 0) is 24.3 Å². The molecule has 0 spiro atoms. The Bertz CT molecular complexity index is 570. The number of methoxy groups -OCH3 is 1. The van der Waals surface area contributed by atoms with Gasteiger partial charge in [-0.2, -0.15) is 0 Å². The molecule has 0 bridgehead atoms. The highest BCUT2D eigenvalue weighted by atomic mass is 32.2. The molecule has 0 aromatic rings. The Morgan fingerprint density at radius 3 is 2.48 bits per heavy atom. The van der Waals surface area contributed by atoms with E-state index in [0.717, 1.165) is 11.3 Å². The minimum atomic E-state index is -3.54. The molecular weight excluding hydrogens is 320 g/mol. The smallest absolute Gasteiger partial charge is 0.257 e.